The van der Waals surface area contributed by atoms with Gasteiger partial charge in [0, 0.05) is 0 Å². The molecule has 17 heavy (non-hydrogen) atoms. The third-order valence-corrected chi connectivity index (χ3v) is 2.04. The number of nitrogens with zero attached hydrogens (tertiary/aromatic N) is 1. The number of carbonyl (C=O) groups is 2. The lowest BCUT2D eigenvalue weighted by Crippen LogP contribution is -2.43. The predicted octanol–water partition coefficient (Wildman–Crippen LogP) is 0.564. The first-order valence-electron chi connectivity index (χ1n) is 4.89. The molecule has 3 N–H and O–H groups in total. The van der Waals surface area contributed by atoms with Crippen LogP contribution in [0.1, 0.15) is 6.92 Å². The Kier molecular flexibility index (Phi) is 4.86. The first kappa shape index (κ1) is 13.4. The number of anilines is 1. The van der Waals surface area contributed by atoms with E-state index in [1.54, 1.807) is 13.0 Å². The van der Waals surface area contributed by atoms with Gasteiger partial charge in [0.25, 0.3) is 5.91 Å². The highest BCUT2D eigenvalue weighted by molar-refractivity contribution is 6.29. The van der Waals surface area contributed by atoms with Crippen molar-refractivity contribution in [2.75, 3.05) is 11.9 Å². The molecule has 0 aliphatic heterocycles. The molecule has 6 nitrogen and oxygen atoms in total. The van der Waals surface area contributed by atoms with Crippen LogP contribution in [0.15, 0.2) is 18.3 Å². The summed E-state index contributed by atoms with van der Waals surface area (Å²) in [5, 5.41) is 2.73. The van der Waals surface area contributed by atoms with Crippen molar-refractivity contribution < 1.29 is 14.3 Å². The molecule has 0 bridgehead atoms. The molecule has 0 saturated carbocycles. The zero-order valence-electron chi connectivity index (χ0n) is 9.14. The van der Waals surface area contributed by atoms with Crippen LogP contribution >= 0.6 is 11.6 Å². The van der Waals surface area contributed by atoms with E-state index in [9.17, 15) is 9.59 Å². The van der Waals surface area contributed by atoms with Gasteiger partial charge >= 0.3 is 5.97 Å². The molecule has 0 aliphatic rings. The number of halogens is 1. The summed E-state index contributed by atoms with van der Waals surface area (Å²) in [6.45, 7) is 1.80. The predicted molar refractivity (Wildman–Crippen MR) is 62.5 cm³/mol. The fourth-order valence-electron chi connectivity index (χ4n) is 1.01. The van der Waals surface area contributed by atoms with Gasteiger partial charge < -0.3 is 15.8 Å². The second-order valence-corrected chi connectivity index (χ2v) is 3.48. The van der Waals surface area contributed by atoms with Gasteiger partial charge in [0.15, 0.2) is 6.04 Å². The van der Waals surface area contributed by atoms with E-state index in [4.69, 9.17) is 17.3 Å². The van der Waals surface area contributed by atoms with Gasteiger partial charge in [-0.25, -0.2) is 9.78 Å². The molecule has 0 saturated heterocycles. The van der Waals surface area contributed by atoms with Gasteiger partial charge in [-0.15, -0.1) is 0 Å². The smallest absolute Gasteiger partial charge is 0.332 e. The first-order chi connectivity index (χ1) is 8.04. The van der Waals surface area contributed by atoms with Crippen molar-refractivity contribution in [3.05, 3.63) is 23.5 Å². The molecule has 0 aliphatic carbocycles. The third-order valence-electron chi connectivity index (χ3n) is 1.82. The normalized spacial score (nSPS) is 11.7. The molecule has 92 valence electrons. The van der Waals surface area contributed by atoms with Crippen LogP contribution in [-0.2, 0) is 14.3 Å². The van der Waals surface area contributed by atoms with Crippen molar-refractivity contribution in [3.63, 3.8) is 0 Å². The quantitative estimate of drug-likeness (QED) is 0.467. The molecular formula is C10H12ClN3O3. The van der Waals surface area contributed by atoms with E-state index >= 15 is 0 Å². The highest BCUT2D eigenvalue weighted by atomic mass is 35.5. The summed E-state index contributed by atoms with van der Waals surface area (Å²) in [7, 11) is 0. The number of ether oxygens (including phenoxy) is 1. The van der Waals surface area contributed by atoms with E-state index in [-0.39, 0.29) is 6.61 Å². The number of hydrogen-bond donors (Lipinski definition) is 2. The minimum atomic E-state index is -1.36. The van der Waals surface area contributed by atoms with Gasteiger partial charge in [-0.1, -0.05) is 11.6 Å². The molecule has 1 unspecified atom stereocenters. The van der Waals surface area contributed by atoms with Crippen LogP contribution in [0.5, 0.6) is 0 Å². The van der Waals surface area contributed by atoms with Gasteiger partial charge in [-0.2, -0.15) is 0 Å². The van der Waals surface area contributed by atoms with Crippen molar-refractivity contribution in [3.8, 4) is 0 Å². The van der Waals surface area contributed by atoms with E-state index in [0.717, 1.165) is 0 Å². The lowest BCUT2D eigenvalue weighted by molar-refractivity contribution is -0.146. The minimum Gasteiger partial charge on any atom is -0.464 e. The Hall–Kier alpha value is -1.66. The molecule has 7 heteroatoms. The van der Waals surface area contributed by atoms with E-state index in [1.165, 1.54) is 12.3 Å². The number of pyridine rings is 1. The maximum Gasteiger partial charge on any atom is 0.332 e. The molecule has 0 aromatic carbocycles. The van der Waals surface area contributed by atoms with Crippen LogP contribution < -0.4 is 11.1 Å². The van der Waals surface area contributed by atoms with Crippen molar-refractivity contribution in [1.82, 2.24) is 4.98 Å². The highest BCUT2D eigenvalue weighted by Gasteiger charge is 2.23. The summed E-state index contributed by atoms with van der Waals surface area (Å²) < 4.78 is 4.62. The Morgan fingerprint density at radius 2 is 2.29 bits per heavy atom. The maximum absolute atomic E-state index is 11.5. The molecule has 0 fully saturated rings. The number of hydrogen-bond acceptors (Lipinski definition) is 5. The van der Waals surface area contributed by atoms with Gasteiger partial charge in [0.2, 0.25) is 0 Å². The van der Waals surface area contributed by atoms with Crippen LogP contribution in [0.25, 0.3) is 0 Å². The maximum atomic E-state index is 11.5. The number of carbonyl (C=O) groups excluding carboxylic acids is 2. The molecule has 1 aromatic heterocycles. The SMILES string of the molecule is CCOC(=O)C(N)C(=O)Nc1ccc(Cl)nc1. The summed E-state index contributed by atoms with van der Waals surface area (Å²) in [6, 6.07) is 1.70. The molecule has 1 atom stereocenters. The fourth-order valence-corrected chi connectivity index (χ4v) is 1.12. The number of esters is 1. The van der Waals surface area contributed by atoms with E-state index < -0.39 is 17.9 Å². The second kappa shape index (κ2) is 6.17. The molecule has 1 amide bonds. The summed E-state index contributed by atoms with van der Waals surface area (Å²) in [6.07, 6.45) is 1.36. The highest BCUT2D eigenvalue weighted by Crippen LogP contribution is 2.09. The Morgan fingerprint density at radius 3 is 2.82 bits per heavy atom. The third kappa shape index (κ3) is 4.01. The van der Waals surface area contributed by atoms with Crippen LogP contribution in [0, 0.1) is 0 Å². The van der Waals surface area contributed by atoms with Crippen molar-refractivity contribution in [2.24, 2.45) is 5.73 Å². The average molecular weight is 258 g/mol. The molecule has 1 heterocycles. The fraction of sp³-hybridized carbons (Fsp3) is 0.300. The molecule has 1 aromatic rings. The standard InChI is InChI=1S/C10H12ClN3O3/c1-2-17-10(16)8(12)9(15)14-6-3-4-7(11)13-5-6/h3-5,8H,2,12H2,1H3,(H,14,15). The number of rotatable bonds is 4. The van der Waals surface area contributed by atoms with Crippen molar-refractivity contribution in [1.29, 1.82) is 0 Å². The van der Waals surface area contributed by atoms with E-state index in [0.29, 0.717) is 10.8 Å². The Balaban J connectivity index is 2.59. The molecule has 0 radical (unpaired) electrons. The lowest BCUT2D eigenvalue weighted by atomic mass is 10.3. The Morgan fingerprint density at radius 1 is 1.59 bits per heavy atom. The topological polar surface area (TPSA) is 94.3 Å². The van der Waals surface area contributed by atoms with Gasteiger partial charge in [-0.3, -0.25) is 4.79 Å². The van der Waals surface area contributed by atoms with Crippen LogP contribution in [0.3, 0.4) is 0 Å². The number of aromatic nitrogens is 1. The van der Waals surface area contributed by atoms with Crippen molar-refractivity contribution >= 4 is 29.2 Å². The van der Waals surface area contributed by atoms with E-state index in [1.807, 2.05) is 0 Å². The van der Waals surface area contributed by atoms with E-state index in [2.05, 4.69) is 15.0 Å². The molecular weight excluding hydrogens is 246 g/mol. The summed E-state index contributed by atoms with van der Waals surface area (Å²) in [4.78, 5) is 26.5. The van der Waals surface area contributed by atoms with Crippen LogP contribution in [-0.4, -0.2) is 29.5 Å². The van der Waals surface area contributed by atoms with Gasteiger partial charge in [0.1, 0.15) is 5.15 Å². The lowest BCUT2D eigenvalue weighted by Gasteiger charge is -2.10. The zero-order chi connectivity index (χ0) is 12.8. The first-order valence-corrected chi connectivity index (χ1v) is 5.27. The van der Waals surface area contributed by atoms with Gasteiger partial charge in [-0.05, 0) is 19.1 Å². The Labute approximate surface area is 103 Å². The van der Waals surface area contributed by atoms with Gasteiger partial charge in [0.05, 0.1) is 18.5 Å². The minimum absolute atomic E-state index is 0.169. The summed E-state index contributed by atoms with van der Waals surface area (Å²) >= 11 is 5.58. The van der Waals surface area contributed by atoms with Crippen molar-refractivity contribution in [2.45, 2.75) is 13.0 Å². The average Bonchev–Trinajstić information content (AvgIpc) is 2.31. The number of amides is 1. The second-order valence-electron chi connectivity index (χ2n) is 3.09. The van der Waals surface area contributed by atoms with Crippen LogP contribution in [0.4, 0.5) is 5.69 Å². The largest absolute Gasteiger partial charge is 0.464 e. The molecule has 0 spiro atoms. The Bertz CT molecular complexity index is 408. The summed E-state index contributed by atoms with van der Waals surface area (Å²) in [5.41, 5.74) is 5.79. The monoisotopic (exact) mass is 257 g/mol. The van der Waals surface area contributed by atoms with Crippen LogP contribution in [0.2, 0.25) is 5.15 Å². The number of nitrogens with one attached hydrogen (secondary N) is 1. The summed E-state index contributed by atoms with van der Waals surface area (Å²) in [5.74, 6) is -1.43. The molecule has 1 rings (SSSR count). The number of nitrogens with two attached hydrogens (primary N) is 1. The zero-order valence-corrected chi connectivity index (χ0v) is 9.90.